The summed E-state index contributed by atoms with van der Waals surface area (Å²) in [6, 6.07) is 24.1. The molecule has 0 unspecified atom stereocenters. The first kappa shape index (κ1) is 27.7. The number of aromatic nitrogens is 3. The van der Waals surface area contributed by atoms with Crippen LogP contribution in [0.3, 0.4) is 0 Å². The molecule has 0 fully saturated rings. The lowest BCUT2D eigenvalue weighted by Crippen LogP contribution is -2.12. The molecule has 5 aromatic rings. The standard InChI is InChI=1S/C32H28FN3O5/c1-39-16-15-36-28-18-24(32(38)40-2)13-14-27(28)34-30(36)19-22-11-12-23(17-25(22)33)26-9-6-10-31(35-26)41-20-29(37)21-7-4-3-5-8-21/h3-14,17-18H,15-16,19-20H2,1-2H3. The van der Waals surface area contributed by atoms with E-state index in [1.807, 2.05) is 10.6 Å². The average Bonchev–Trinajstić information content (AvgIpc) is 3.35. The van der Waals surface area contributed by atoms with Crippen LogP contribution >= 0.6 is 0 Å². The maximum atomic E-state index is 15.4. The molecule has 0 N–H and O–H groups in total. The molecule has 3 aromatic carbocycles. The molecule has 0 saturated carbocycles. The van der Waals surface area contributed by atoms with E-state index in [-0.39, 0.29) is 24.7 Å². The lowest BCUT2D eigenvalue weighted by molar-refractivity contribution is 0.0600. The molecule has 0 spiro atoms. The van der Waals surface area contributed by atoms with Crippen molar-refractivity contribution in [3.05, 3.63) is 113 Å². The van der Waals surface area contributed by atoms with Crippen LogP contribution in [-0.2, 0) is 22.4 Å². The Bertz CT molecular complexity index is 1700. The highest BCUT2D eigenvalue weighted by Crippen LogP contribution is 2.26. The van der Waals surface area contributed by atoms with Gasteiger partial charge in [-0.2, -0.15) is 0 Å². The molecule has 9 heteroatoms. The molecule has 2 heterocycles. The summed E-state index contributed by atoms with van der Waals surface area (Å²) in [7, 11) is 2.94. The van der Waals surface area contributed by atoms with Gasteiger partial charge in [0.25, 0.3) is 0 Å². The van der Waals surface area contributed by atoms with Gasteiger partial charge in [-0.1, -0.05) is 48.5 Å². The summed E-state index contributed by atoms with van der Waals surface area (Å²) < 4.78 is 33.1. The average molecular weight is 554 g/mol. The quantitative estimate of drug-likeness (QED) is 0.157. The number of nitrogens with zero attached hydrogens (tertiary/aromatic N) is 3. The van der Waals surface area contributed by atoms with Gasteiger partial charge in [-0.25, -0.2) is 19.2 Å². The van der Waals surface area contributed by atoms with E-state index in [9.17, 15) is 9.59 Å². The van der Waals surface area contributed by atoms with E-state index in [0.717, 1.165) is 5.52 Å². The van der Waals surface area contributed by atoms with Gasteiger partial charge in [0.2, 0.25) is 5.88 Å². The summed E-state index contributed by atoms with van der Waals surface area (Å²) >= 11 is 0. The van der Waals surface area contributed by atoms with Crippen molar-refractivity contribution in [2.75, 3.05) is 27.4 Å². The third-order valence-electron chi connectivity index (χ3n) is 6.64. The van der Waals surface area contributed by atoms with Gasteiger partial charge in [0.1, 0.15) is 11.6 Å². The zero-order chi connectivity index (χ0) is 28.8. The summed E-state index contributed by atoms with van der Waals surface area (Å²) in [5.74, 6) is -0.0982. The molecule has 0 saturated heterocycles. The van der Waals surface area contributed by atoms with Crippen molar-refractivity contribution >= 4 is 22.8 Å². The SMILES string of the molecule is COCCn1c(Cc2ccc(-c3cccc(OCC(=O)c4ccccc4)n3)cc2F)nc2ccc(C(=O)OC)cc21. The second-order valence-corrected chi connectivity index (χ2v) is 9.29. The van der Waals surface area contributed by atoms with Gasteiger partial charge in [0, 0.05) is 37.3 Å². The van der Waals surface area contributed by atoms with Gasteiger partial charge >= 0.3 is 5.97 Å². The molecule has 208 valence electrons. The molecule has 41 heavy (non-hydrogen) atoms. The Labute approximate surface area is 236 Å². The van der Waals surface area contributed by atoms with Crippen LogP contribution in [0.4, 0.5) is 4.39 Å². The molecule has 0 aliphatic heterocycles. The van der Waals surface area contributed by atoms with Crippen LogP contribution in [0.15, 0.2) is 84.9 Å². The predicted octanol–water partition coefficient (Wildman–Crippen LogP) is 5.52. The molecular formula is C32H28FN3O5. The summed E-state index contributed by atoms with van der Waals surface area (Å²) in [6.07, 6.45) is 0.232. The van der Waals surface area contributed by atoms with E-state index < -0.39 is 11.8 Å². The molecule has 2 aromatic heterocycles. The molecule has 0 atom stereocenters. The number of methoxy groups -OCH3 is 2. The number of carbonyl (C=O) groups is 2. The fourth-order valence-electron chi connectivity index (χ4n) is 4.51. The van der Waals surface area contributed by atoms with E-state index in [4.69, 9.17) is 19.2 Å². The van der Waals surface area contributed by atoms with Crippen LogP contribution in [0.25, 0.3) is 22.3 Å². The Hall–Kier alpha value is -4.89. The highest BCUT2D eigenvalue weighted by atomic mass is 19.1. The number of hydrogen-bond donors (Lipinski definition) is 0. The van der Waals surface area contributed by atoms with E-state index >= 15 is 4.39 Å². The number of esters is 1. The minimum absolute atomic E-state index is 0.154. The smallest absolute Gasteiger partial charge is 0.337 e. The van der Waals surface area contributed by atoms with Crippen LogP contribution in [0, 0.1) is 5.82 Å². The number of hydrogen-bond acceptors (Lipinski definition) is 7. The van der Waals surface area contributed by atoms with E-state index in [0.29, 0.717) is 52.4 Å². The first-order valence-electron chi connectivity index (χ1n) is 13.0. The molecule has 0 aliphatic carbocycles. The molecule has 8 nitrogen and oxygen atoms in total. The van der Waals surface area contributed by atoms with Crippen LogP contribution in [0.2, 0.25) is 0 Å². The van der Waals surface area contributed by atoms with Crippen molar-refractivity contribution in [3.8, 4) is 17.1 Å². The van der Waals surface area contributed by atoms with E-state index in [2.05, 4.69) is 4.98 Å². The monoisotopic (exact) mass is 553 g/mol. The Balaban J connectivity index is 1.36. The highest BCUT2D eigenvalue weighted by Gasteiger charge is 2.17. The number of ether oxygens (including phenoxy) is 3. The third-order valence-corrected chi connectivity index (χ3v) is 6.64. The molecule has 0 aliphatic rings. The molecular weight excluding hydrogens is 525 g/mol. The van der Waals surface area contributed by atoms with Gasteiger partial charge in [-0.3, -0.25) is 4.79 Å². The summed E-state index contributed by atoms with van der Waals surface area (Å²) in [6.45, 7) is 0.748. The van der Waals surface area contributed by atoms with Gasteiger partial charge in [-0.15, -0.1) is 0 Å². The van der Waals surface area contributed by atoms with Gasteiger partial charge in [-0.05, 0) is 35.9 Å². The van der Waals surface area contributed by atoms with Crippen LogP contribution < -0.4 is 4.74 Å². The van der Waals surface area contributed by atoms with Crippen molar-refractivity contribution in [2.45, 2.75) is 13.0 Å². The number of halogens is 1. The molecule has 0 amide bonds. The second-order valence-electron chi connectivity index (χ2n) is 9.29. The number of pyridine rings is 1. The van der Waals surface area contributed by atoms with Gasteiger partial charge in [0.15, 0.2) is 12.4 Å². The minimum atomic E-state index is -0.444. The molecule has 0 radical (unpaired) electrons. The number of rotatable bonds is 11. The largest absolute Gasteiger partial charge is 0.469 e. The van der Waals surface area contributed by atoms with Crippen LogP contribution in [-0.4, -0.2) is 53.7 Å². The number of fused-ring (bicyclic) bond motifs is 1. The van der Waals surface area contributed by atoms with Crippen molar-refractivity contribution in [1.29, 1.82) is 0 Å². The first-order chi connectivity index (χ1) is 20.0. The fourth-order valence-corrected chi connectivity index (χ4v) is 4.51. The van der Waals surface area contributed by atoms with E-state index in [1.54, 1.807) is 79.9 Å². The van der Waals surface area contributed by atoms with Crippen molar-refractivity contribution in [2.24, 2.45) is 0 Å². The lowest BCUT2D eigenvalue weighted by Gasteiger charge is -2.11. The number of ketones is 1. The van der Waals surface area contributed by atoms with Gasteiger partial charge < -0.3 is 18.8 Å². The lowest BCUT2D eigenvalue weighted by atomic mass is 10.1. The van der Waals surface area contributed by atoms with Crippen LogP contribution in [0.1, 0.15) is 32.1 Å². The first-order valence-corrected chi connectivity index (χ1v) is 13.0. The molecule has 5 rings (SSSR count). The van der Waals surface area contributed by atoms with Crippen molar-refractivity contribution in [3.63, 3.8) is 0 Å². The zero-order valence-electron chi connectivity index (χ0n) is 22.7. The third kappa shape index (κ3) is 6.31. The fraction of sp³-hybridized carbons (Fsp3) is 0.188. The van der Waals surface area contributed by atoms with Crippen molar-refractivity contribution < 1.29 is 28.2 Å². The maximum absolute atomic E-state index is 15.4. The second kappa shape index (κ2) is 12.5. The Morgan fingerprint density at radius 1 is 0.878 bits per heavy atom. The normalized spacial score (nSPS) is 11.0. The van der Waals surface area contributed by atoms with Gasteiger partial charge in [0.05, 0.1) is 36.0 Å². The number of Topliss-reactive ketones (excluding diaryl/α,β-unsaturated/α-hetero) is 1. The summed E-state index contributed by atoms with van der Waals surface area (Å²) in [4.78, 5) is 33.6. The highest BCUT2D eigenvalue weighted by molar-refractivity contribution is 5.97. The van der Waals surface area contributed by atoms with Crippen molar-refractivity contribution in [1.82, 2.24) is 14.5 Å². The topological polar surface area (TPSA) is 92.5 Å². The Morgan fingerprint density at radius 2 is 1.71 bits per heavy atom. The number of imidazole rings is 1. The summed E-state index contributed by atoms with van der Waals surface area (Å²) in [5.41, 5.74) is 3.93. The van der Waals surface area contributed by atoms with E-state index in [1.165, 1.54) is 13.2 Å². The number of carbonyl (C=O) groups excluding carboxylic acids is 2. The number of benzene rings is 3. The molecule has 0 bridgehead atoms. The Morgan fingerprint density at radius 3 is 2.46 bits per heavy atom. The zero-order valence-corrected chi connectivity index (χ0v) is 22.7. The summed E-state index contributed by atoms with van der Waals surface area (Å²) in [5, 5.41) is 0. The van der Waals surface area contributed by atoms with Crippen LogP contribution in [0.5, 0.6) is 5.88 Å². The Kier molecular flexibility index (Phi) is 8.45. The maximum Gasteiger partial charge on any atom is 0.337 e. The minimum Gasteiger partial charge on any atom is -0.469 e. The predicted molar refractivity (Wildman–Crippen MR) is 152 cm³/mol.